The fourth-order valence-corrected chi connectivity index (χ4v) is 3.92. The van der Waals surface area contributed by atoms with Gasteiger partial charge in [0.1, 0.15) is 18.5 Å². The molecule has 1 amide bonds. The Morgan fingerprint density at radius 3 is 2.50 bits per heavy atom. The second kappa shape index (κ2) is 11.8. The van der Waals surface area contributed by atoms with Gasteiger partial charge in [-0.05, 0) is 24.3 Å². The lowest BCUT2D eigenvalue weighted by molar-refractivity contribution is -0.0492. The number of amides is 1. The lowest BCUT2D eigenvalue weighted by Crippen LogP contribution is -2.32. The summed E-state index contributed by atoms with van der Waals surface area (Å²) in [6.45, 7) is -0.642. The molecule has 1 aliphatic heterocycles. The SMILES string of the molecule is O=C(Nc1ncnc2c1nnn2[C@@H]1O[C@H](CO)[C@@H](O[PH](=O)O)[C@@H]1F)c1ccccc1.c1ccncc1. The molecule has 4 aromatic rings. The van der Waals surface area contributed by atoms with E-state index in [9.17, 15) is 18.9 Å². The zero-order chi connectivity index (χ0) is 25.5. The van der Waals surface area contributed by atoms with Gasteiger partial charge in [0.2, 0.25) is 0 Å². The fourth-order valence-electron chi connectivity index (χ4n) is 3.40. The number of carbonyl (C=O) groups excluding carboxylic acids is 1. The van der Waals surface area contributed by atoms with Gasteiger partial charge < -0.3 is 24.6 Å². The first-order valence-corrected chi connectivity index (χ1v) is 11.8. The number of anilines is 1. The maximum atomic E-state index is 14.9. The van der Waals surface area contributed by atoms with Crippen LogP contribution in [0.25, 0.3) is 11.2 Å². The second-order valence-corrected chi connectivity index (χ2v) is 8.08. The monoisotopic (exact) mass is 517 g/mol. The van der Waals surface area contributed by atoms with Crippen LogP contribution in [0.2, 0.25) is 0 Å². The summed E-state index contributed by atoms with van der Waals surface area (Å²) in [4.78, 5) is 33.2. The van der Waals surface area contributed by atoms with Crippen molar-refractivity contribution >= 4 is 31.1 Å². The summed E-state index contributed by atoms with van der Waals surface area (Å²) in [6.07, 6.45) is -1.40. The Morgan fingerprint density at radius 1 is 1.17 bits per heavy atom. The molecule has 0 radical (unpaired) electrons. The zero-order valence-electron chi connectivity index (χ0n) is 18.5. The summed E-state index contributed by atoms with van der Waals surface area (Å²) in [5.41, 5.74) is 0.526. The highest BCUT2D eigenvalue weighted by Gasteiger charge is 2.48. The Labute approximate surface area is 203 Å². The summed E-state index contributed by atoms with van der Waals surface area (Å²) in [5.74, 6) is -0.382. The molecule has 15 heteroatoms. The van der Waals surface area contributed by atoms with Crippen molar-refractivity contribution in [3.8, 4) is 0 Å². The van der Waals surface area contributed by atoms with Gasteiger partial charge in [0.05, 0.1) is 6.61 Å². The molecule has 0 spiro atoms. The number of fused-ring (bicyclic) bond motifs is 1. The van der Waals surface area contributed by atoms with Gasteiger partial charge in [-0.1, -0.05) is 29.5 Å². The van der Waals surface area contributed by atoms with E-state index in [-0.39, 0.29) is 17.0 Å². The quantitative estimate of drug-likeness (QED) is 0.317. The Hall–Kier alpha value is -3.68. The second-order valence-electron chi connectivity index (χ2n) is 7.31. The number of nitrogens with one attached hydrogen (secondary N) is 1. The van der Waals surface area contributed by atoms with Crippen molar-refractivity contribution in [3.63, 3.8) is 0 Å². The topological polar surface area (TPSA) is 174 Å². The van der Waals surface area contributed by atoms with Gasteiger partial charge in [0, 0.05) is 18.0 Å². The summed E-state index contributed by atoms with van der Waals surface area (Å²) in [6, 6.07) is 14.1. The number of hydrogen-bond acceptors (Lipinski definition) is 10. The van der Waals surface area contributed by atoms with Crippen molar-refractivity contribution in [2.75, 3.05) is 11.9 Å². The van der Waals surface area contributed by atoms with Crippen molar-refractivity contribution in [2.45, 2.75) is 24.6 Å². The summed E-state index contributed by atoms with van der Waals surface area (Å²) in [5, 5.41) is 19.7. The van der Waals surface area contributed by atoms with Crippen LogP contribution in [0.5, 0.6) is 0 Å². The van der Waals surface area contributed by atoms with Crippen LogP contribution in [0.15, 0.2) is 67.3 Å². The predicted molar refractivity (Wildman–Crippen MR) is 124 cm³/mol. The average molecular weight is 517 g/mol. The molecule has 4 heterocycles. The number of aliphatic hydroxyl groups excluding tert-OH is 1. The molecule has 3 N–H and O–H groups in total. The van der Waals surface area contributed by atoms with E-state index in [2.05, 4.69) is 35.1 Å². The first kappa shape index (κ1) is 25.4. The predicted octanol–water partition coefficient (Wildman–Crippen LogP) is 1.55. The lowest BCUT2D eigenvalue weighted by Gasteiger charge is -2.15. The van der Waals surface area contributed by atoms with Crippen LogP contribution in [-0.2, 0) is 13.8 Å². The first-order valence-electron chi connectivity index (χ1n) is 10.6. The molecule has 0 bridgehead atoms. The van der Waals surface area contributed by atoms with Gasteiger partial charge in [-0.15, -0.1) is 5.10 Å². The number of ether oxygens (including phenoxy) is 1. The largest absolute Gasteiger partial charge is 0.394 e. The van der Waals surface area contributed by atoms with E-state index in [1.54, 1.807) is 42.7 Å². The molecular weight excluding hydrogens is 496 g/mol. The van der Waals surface area contributed by atoms with Gasteiger partial charge in [-0.25, -0.2) is 14.4 Å². The van der Waals surface area contributed by atoms with Gasteiger partial charge in [0.25, 0.3) is 5.91 Å². The van der Waals surface area contributed by atoms with E-state index < -0.39 is 45.4 Å². The minimum Gasteiger partial charge on any atom is -0.394 e. The van der Waals surface area contributed by atoms with Crippen LogP contribution in [-0.4, -0.2) is 70.8 Å². The lowest BCUT2D eigenvalue weighted by atomic mass is 10.1. The van der Waals surface area contributed by atoms with Gasteiger partial charge >= 0.3 is 8.25 Å². The molecule has 5 rings (SSSR count). The highest BCUT2D eigenvalue weighted by Crippen LogP contribution is 2.38. The zero-order valence-corrected chi connectivity index (χ0v) is 19.5. The molecule has 0 saturated carbocycles. The van der Waals surface area contributed by atoms with E-state index in [1.807, 2.05) is 18.2 Å². The number of pyridine rings is 1. The van der Waals surface area contributed by atoms with E-state index >= 15 is 0 Å². The van der Waals surface area contributed by atoms with Crippen molar-refractivity contribution in [2.24, 2.45) is 0 Å². The number of rotatable bonds is 6. The average Bonchev–Trinajstić information content (AvgIpc) is 3.47. The van der Waals surface area contributed by atoms with Gasteiger partial charge in [-0.3, -0.25) is 14.3 Å². The molecule has 36 heavy (non-hydrogen) atoms. The molecule has 13 nitrogen and oxygen atoms in total. The first-order chi connectivity index (χ1) is 17.5. The number of alkyl halides is 1. The smallest absolute Gasteiger partial charge is 0.317 e. The summed E-state index contributed by atoms with van der Waals surface area (Å²) in [7, 11) is -3.47. The Morgan fingerprint density at radius 2 is 1.89 bits per heavy atom. The molecule has 1 unspecified atom stereocenters. The number of aliphatic hydroxyl groups is 1. The molecule has 3 aromatic heterocycles. The van der Waals surface area contributed by atoms with Crippen molar-refractivity contribution < 1.29 is 33.0 Å². The van der Waals surface area contributed by atoms with Crippen LogP contribution in [0.4, 0.5) is 10.2 Å². The molecular formula is C21H21FN7O6P. The third kappa shape index (κ3) is 5.75. The number of hydrogen-bond donors (Lipinski definition) is 3. The molecule has 188 valence electrons. The van der Waals surface area contributed by atoms with Crippen LogP contribution >= 0.6 is 8.25 Å². The normalized spacial score (nSPS) is 22.0. The maximum absolute atomic E-state index is 14.9. The number of halogens is 1. The maximum Gasteiger partial charge on any atom is 0.317 e. The van der Waals surface area contributed by atoms with E-state index in [1.165, 1.54) is 0 Å². The highest BCUT2D eigenvalue weighted by atomic mass is 31.1. The number of carbonyl (C=O) groups is 1. The minimum atomic E-state index is -3.47. The van der Waals surface area contributed by atoms with Crippen molar-refractivity contribution in [3.05, 3.63) is 72.8 Å². The van der Waals surface area contributed by atoms with E-state index in [4.69, 9.17) is 9.63 Å². The van der Waals surface area contributed by atoms with Crippen LogP contribution in [0.1, 0.15) is 16.6 Å². The van der Waals surface area contributed by atoms with Gasteiger partial charge in [0.15, 0.2) is 29.4 Å². The Kier molecular flexibility index (Phi) is 8.36. The molecule has 1 fully saturated rings. The minimum absolute atomic E-state index is 0.0509. The third-order valence-electron chi connectivity index (χ3n) is 5.02. The molecule has 1 aromatic carbocycles. The summed E-state index contributed by atoms with van der Waals surface area (Å²) < 4.78 is 37.0. The van der Waals surface area contributed by atoms with Crippen LogP contribution in [0.3, 0.4) is 0 Å². The Balaban J connectivity index is 0.000000445. The molecule has 0 aliphatic carbocycles. The summed E-state index contributed by atoms with van der Waals surface area (Å²) >= 11 is 0. The van der Waals surface area contributed by atoms with Crippen LogP contribution in [0, 0.1) is 0 Å². The van der Waals surface area contributed by atoms with Crippen LogP contribution < -0.4 is 5.32 Å². The third-order valence-corrected chi connectivity index (χ3v) is 5.49. The number of nitrogens with zero attached hydrogens (tertiary/aromatic N) is 6. The van der Waals surface area contributed by atoms with Gasteiger partial charge in [-0.2, -0.15) is 4.68 Å². The standard InChI is InChI=1S/C16H16FN6O6P.C5H5N/c17-10-12(29-30(26)27)9(6-24)28-16(10)23-14-11(21-22-23)13(18-7-19-14)20-15(25)8-4-2-1-3-5-8;1-2-4-6-5-3-1/h1-5,7,9-10,12,16,24,30H,6H2,(H,26,27)(H,18,19,20,25);1-5H/t9-,10+,12-,16-;/m1./s1. The molecule has 1 saturated heterocycles. The highest BCUT2D eigenvalue weighted by molar-refractivity contribution is 7.32. The Bertz CT molecular complexity index is 1290. The van der Waals surface area contributed by atoms with E-state index in [0.717, 1.165) is 11.0 Å². The molecule has 5 atom stereocenters. The fraction of sp³-hybridized carbons (Fsp3) is 0.238. The van der Waals surface area contributed by atoms with Crippen molar-refractivity contribution in [1.82, 2.24) is 29.9 Å². The van der Waals surface area contributed by atoms with Crippen molar-refractivity contribution in [1.29, 1.82) is 0 Å². The number of benzene rings is 1. The molecule has 1 aliphatic rings. The number of aromatic nitrogens is 6. The van der Waals surface area contributed by atoms with E-state index in [0.29, 0.717) is 5.56 Å².